The monoisotopic (exact) mass is 439 g/mol. The van der Waals surface area contributed by atoms with Crippen molar-refractivity contribution in [3.05, 3.63) is 63.1 Å². The predicted molar refractivity (Wildman–Crippen MR) is 112 cm³/mol. The Labute approximate surface area is 170 Å². The number of rotatable bonds is 12. The third kappa shape index (κ3) is 8.09. The summed E-state index contributed by atoms with van der Waals surface area (Å²) in [6.45, 7) is 6.20. The minimum absolute atomic E-state index is 0.519. The average Bonchev–Trinajstić information content (AvgIpc) is 2.64. The lowest BCUT2D eigenvalue weighted by Gasteiger charge is -2.11. The van der Waals surface area contributed by atoms with Crippen LogP contribution in [0.1, 0.15) is 37.3 Å². The van der Waals surface area contributed by atoms with Crippen molar-refractivity contribution in [3.63, 3.8) is 0 Å². The Kier molecular flexibility index (Phi) is 10.1. The molecule has 5 heteroatoms. The van der Waals surface area contributed by atoms with Gasteiger partial charge in [-0.25, -0.2) is 0 Å². The Balaban J connectivity index is 1.68. The Morgan fingerprint density at radius 3 is 2.46 bits per heavy atom. The third-order valence-corrected chi connectivity index (χ3v) is 4.79. The first-order chi connectivity index (χ1) is 12.7. The molecule has 0 atom stereocenters. The summed E-state index contributed by atoms with van der Waals surface area (Å²) in [6, 6.07) is 13.9. The number of ether oxygens (including phenoxy) is 2. The zero-order valence-electron chi connectivity index (χ0n) is 15.3. The van der Waals surface area contributed by atoms with E-state index < -0.39 is 0 Å². The SMILES string of the molecule is CCCCOCCCNCc1ccc(OCc2ccc(Cl)cc2)c(Br)c1. The molecule has 26 heavy (non-hydrogen) atoms. The zero-order chi connectivity index (χ0) is 18.6. The molecule has 2 aromatic carbocycles. The number of hydrogen-bond acceptors (Lipinski definition) is 3. The first kappa shape index (κ1) is 21.2. The van der Waals surface area contributed by atoms with Gasteiger partial charge in [-0.3, -0.25) is 0 Å². The molecule has 142 valence electrons. The van der Waals surface area contributed by atoms with E-state index in [0.29, 0.717) is 6.61 Å². The number of halogens is 2. The summed E-state index contributed by atoms with van der Waals surface area (Å²) in [5, 5.41) is 4.18. The minimum atomic E-state index is 0.519. The van der Waals surface area contributed by atoms with E-state index >= 15 is 0 Å². The molecule has 0 saturated heterocycles. The minimum Gasteiger partial charge on any atom is -0.488 e. The largest absolute Gasteiger partial charge is 0.488 e. The maximum absolute atomic E-state index is 5.90. The van der Waals surface area contributed by atoms with Crippen LogP contribution in [0.15, 0.2) is 46.9 Å². The molecule has 0 aliphatic carbocycles. The van der Waals surface area contributed by atoms with Crippen LogP contribution in [0, 0.1) is 0 Å². The summed E-state index contributed by atoms with van der Waals surface area (Å²) >= 11 is 9.50. The van der Waals surface area contributed by atoms with Gasteiger partial charge in [0, 0.05) is 24.8 Å². The lowest BCUT2D eigenvalue weighted by Crippen LogP contribution is -2.16. The molecular weight excluding hydrogens is 414 g/mol. The highest BCUT2D eigenvalue weighted by Gasteiger charge is 2.04. The topological polar surface area (TPSA) is 30.5 Å². The quantitative estimate of drug-likeness (QED) is 0.412. The molecule has 0 radical (unpaired) electrons. The molecule has 3 nitrogen and oxygen atoms in total. The van der Waals surface area contributed by atoms with Gasteiger partial charge in [-0.1, -0.05) is 43.1 Å². The van der Waals surface area contributed by atoms with Gasteiger partial charge in [-0.2, -0.15) is 0 Å². The van der Waals surface area contributed by atoms with Crippen LogP contribution in [-0.2, 0) is 17.9 Å². The van der Waals surface area contributed by atoms with E-state index in [1.165, 1.54) is 12.0 Å². The molecule has 0 saturated carbocycles. The Hall–Kier alpha value is -1.07. The lowest BCUT2D eigenvalue weighted by molar-refractivity contribution is 0.129. The lowest BCUT2D eigenvalue weighted by atomic mass is 10.2. The van der Waals surface area contributed by atoms with Crippen molar-refractivity contribution in [2.24, 2.45) is 0 Å². The number of hydrogen-bond donors (Lipinski definition) is 1. The van der Waals surface area contributed by atoms with E-state index in [1.54, 1.807) is 0 Å². The Morgan fingerprint density at radius 2 is 1.73 bits per heavy atom. The highest BCUT2D eigenvalue weighted by molar-refractivity contribution is 9.10. The third-order valence-electron chi connectivity index (χ3n) is 3.92. The van der Waals surface area contributed by atoms with Crippen LogP contribution in [0.2, 0.25) is 5.02 Å². The summed E-state index contributed by atoms with van der Waals surface area (Å²) in [4.78, 5) is 0. The molecule has 0 aliphatic rings. The molecule has 1 N–H and O–H groups in total. The van der Waals surface area contributed by atoms with Crippen molar-refractivity contribution in [2.45, 2.75) is 39.3 Å². The van der Waals surface area contributed by atoms with Gasteiger partial charge >= 0.3 is 0 Å². The molecule has 0 bridgehead atoms. The van der Waals surface area contributed by atoms with Gasteiger partial charge in [0.2, 0.25) is 0 Å². The molecule has 0 aromatic heterocycles. The summed E-state index contributed by atoms with van der Waals surface area (Å²) < 4.78 is 12.4. The van der Waals surface area contributed by atoms with Gasteiger partial charge < -0.3 is 14.8 Å². The van der Waals surface area contributed by atoms with E-state index in [9.17, 15) is 0 Å². The molecule has 0 fully saturated rings. The normalized spacial score (nSPS) is 10.9. The molecule has 0 amide bonds. The smallest absolute Gasteiger partial charge is 0.134 e. The van der Waals surface area contributed by atoms with Gasteiger partial charge in [0.25, 0.3) is 0 Å². The highest BCUT2D eigenvalue weighted by Crippen LogP contribution is 2.27. The van der Waals surface area contributed by atoms with Crippen LogP contribution < -0.4 is 10.1 Å². The standard InChI is InChI=1S/C21H27BrClNO2/c1-2-3-12-25-13-4-11-24-15-18-7-10-21(20(22)14-18)26-16-17-5-8-19(23)9-6-17/h5-10,14,24H,2-4,11-13,15-16H2,1H3. The van der Waals surface area contributed by atoms with Crippen molar-refractivity contribution >= 4 is 27.5 Å². The Bertz CT molecular complexity index is 649. The first-order valence-corrected chi connectivity index (χ1v) is 10.3. The fraction of sp³-hybridized carbons (Fsp3) is 0.429. The van der Waals surface area contributed by atoms with Crippen molar-refractivity contribution < 1.29 is 9.47 Å². The van der Waals surface area contributed by atoms with Crippen molar-refractivity contribution in [2.75, 3.05) is 19.8 Å². The molecule has 2 rings (SSSR count). The number of nitrogens with one attached hydrogen (secondary N) is 1. The van der Waals surface area contributed by atoms with Gasteiger partial charge in [0.05, 0.1) is 4.47 Å². The molecule has 0 spiro atoms. The van der Waals surface area contributed by atoms with Crippen LogP contribution in [0.25, 0.3) is 0 Å². The average molecular weight is 441 g/mol. The highest BCUT2D eigenvalue weighted by atomic mass is 79.9. The molecule has 2 aromatic rings. The van der Waals surface area contributed by atoms with Gasteiger partial charge in [0.15, 0.2) is 0 Å². The van der Waals surface area contributed by atoms with E-state index in [0.717, 1.165) is 60.0 Å². The van der Waals surface area contributed by atoms with Crippen LogP contribution in [0.5, 0.6) is 5.75 Å². The van der Waals surface area contributed by atoms with Crippen molar-refractivity contribution in [1.82, 2.24) is 5.32 Å². The maximum atomic E-state index is 5.90. The van der Waals surface area contributed by atoms with E-state index in [1.807, 2.05) is 30.3 Å². The Morgan fingerprint density at radius 1 is 1.00 bits per heavy atom. The fourth-order valence-corrected chi connectivity index (χ4v) is 3.06. The van der Waals surface area contributed by atoms with Gasteiger partial charge in [-0.05, 0) is 70.7 Å². The second-order valence-electron chi connectivity index (χ2n) is 6.18. The van der Waals surface area contributed by atoms with Crippen molar-refractivity contribution in [3.8, 4) is 5.75 Å². The molecule has 0 aliphatic heterocycles. The number of benzene rings is 2. The molecule has 0 heterocycles. The van der Waals surface area contributed by atoms with Crippen molar-refractivity contribution in [1.29, 1.82) is 0 Å². The van der Waals surface area contributed by atoms with Gasteiger partial charge in [-0.15, -0.1) is 0 Å². The summed E-state index contributed by atoms with van der Waals surface area (Å²) in [6.07, 6.45) is 3.37. The second kappa shape index (κ2) is 12.3. The fourth-order valence-electron chi connectivity index (χ4n) is 2.39. The first-order valence-electron chi connectivity index (χ1n) is 9.13. The van der Waals surface area contributed by atoms with Gasteiger partial charge in [0.1, 0.15) is 12.4 Å². The van der Waals surface area contributed by atoms with E-state index in [-0.39, 0.29) is 0 Å². The maximum Gasteiger partial charge on any atom is 0.134 e. The predicted octanol–water partition coefficient (Wildman–Crippen LogP) is 5.98. The van der Waals surface area contributed by atoms with Crippen LogP contribution >= 0.6 is 27.5 Å². The van der Waals surface area contributed by atoms with Crippen LogP contribution in [0.4, 0.5) is 0 Å². The summed E-state index contributed by atoms with van der Waals surface area (Å²) in [7, 11) is 0. The second-order valence-corrected chi connectivity index (χ2v) is 7.47. The zero-order valence-corrected chi connectivity index (χ0v) is 17.6. The number of unbranched alkanes of at least 4 members (excludes halogenated alkanes) is 1. The summed E-state index contributed by atoms with van der Waals surface area (Å²) in [5.74, 6) is 0.841. The van der Waals surface area contributed by atoms with Crippen LogP contribution in [0.3, 0.4) is 0 Å². The molecular formula is C21H27BrClNO2. The molecule has 0 unspecified atom stereocenters. The summed E-state index contributed by atoms with van der Waals surface area (Å²) in [5.41, 5.74) is 2.32. The van der Waals surface area contributed by atoms with Crippen LogP contribution in [-0.4, -0.2) is 19.8 Å². The van der Waals surface area contributed by atoms with E-state index in [4.69, 9.17) is 21.1 Å². The van der Waals surface area contributed by atoms with E-state index in [2.05, 4.69) is 40.3 Å².